The first-order valence-electron chi connectivity index (χ1n) is 9.80. The maximum absolute atomic E-state index is 10.4. The van der Waals surface area contributed by atoms with Gasteiger partial charge in [0.15, 0.2) is 0 Å². The lowest BCUT2D eigenvalue weighted by atomic mass is 9.79. The van der Waals surface area contributed by atoms with Gasteiger partial charge in [0.05, 0.1) is 0 Å². The highest BCUT2D eigenvalue weighted by Crippen LogP contribution is 2.32. The van der Waals surface area contributed by atoms with Crippen LogP contribution in [0.1, 0.15) is 97.8 Å². The fourth-order valence-electron chi connectivity index (χ4n) is 4.14. The predicted octanol–water partition coefficient (Wildman–Crippen LogP) is 6.29. The van der Waals surface area contributed by atoms with Crippen LogP contribution in [-0.4, -0.2) is 11.1 Å². The summed E-state index contributed by atoms with van der Waals surface area (Å²) in [7, 11) is 0. The van der Waals surface area contributed by atoms with Crippen LogP contribution in [0, 0.1) is 23.7 Å². The molecule has 0 spiro atoms. The Morgan fingerprint density at radius 1 is 0.682 bits per heavy atom. The van der Waals surface area contributed by atoms with Gasteiger partial charge in [-0.15, -0.1) is 0 Å². The van der Waals surface area contributed by atoms with E-state index in [1.807, 2.05) is 0 Å². The summed E-state index contributed by atoms with van der Waals surface area (Å²) in [5.41, 5.74) is 0. The molecule has 0 unspecified atom stereocenters. The zero-order valence-electron chi connectivity index (χ0n) is 15.2. The average molecular weight is 311 g/mol. The van der Waals surface area contributed by atoms with E-state index in [1.165, 1.54) is 57.8 Å². The van der Waals surface area contributed by atoms with Crippen LogP contribution in [0.4, 0.5) is 0 Å². The Bertz CT molecular complexity index is 272. The Morgan fingerprint density at radius 2 is 0.955 bits per heavy atom. The van der Waals surface area contributed by atoms with E-state index < -0.39 is 5.97 Å². The molecule has 22 heavy (non-hydrogen) atoms. The number of rotatable bonds is 5. The van der Waals surface area contributed by atoms with Crippen molar-refractivity contribution in [3.63, 3.8) is 0 Å². The summed E-state index contributed by atoms with van der Waals surface area (Å²) in [4.78, 5) is 10.4. The van der Waals surface area contributed by atoms with Crippen molar-refractivity contribution in [1.29, 1.82) is 0 Å². The lowest BCUT2D eigenvalue weighted by molar-refractivity contribution is -0.138. The minimum Gasteiger partial charge on any atom is -0.481 e. The van der Waals surface area contributed by atoms with Gasteiger partial charge >= 0.3 is 5.97 Å². The zero-order chi connectivity index (χ0) is 16.4. The topological polar surface area (TPSA) is 37.3 Å². The summed E-state index contributed by atoms with van der Waals surface area (Å²) in [5, 5.41) is 8.59. The van der Waals surface area contributed by atoms with Crippen molar-refractivity contribution < 1.29 is 9.90 Å². The van der Waals surface area contributed by atoms with E-state index in [0.29, 0.717) is 12.3 Å². The molecular formula is C20H38O2. The molecule has 0 aromatic carbocycles. The highest BCUT2D eigenvalue weighted by molar-refractivity contribution is 5.67. The van der Waals surface area contributed by atoms with E-state index in [2.05, 4.69) is 20.8 Å². The molecule has 2 aliphatic carbocycles. The number of hydrogen-bond donors (Lipinski definition) is 1. The fraction of sp³-hybridized carbons (Fsp3) is 0.950. The van der Waals surface area contributed by atoms with Crippen molar-refractivity contribution >= 4 is 5.97 Å². The molecule has 2 aliphatic rings. The van der Waals surface area contributed by atoms with Gasteiger partial charge in [-0.1, -0.05) is 78.6 Å². The molecule has 2 saturated carbocycles. The Hall–Kier alpha value is -0.530. The lowest BCUT2D eigenvalue weighted by Crippen LogP contribution is -2.16. The standard InChI is InChI=1S/C10H18O2.C10H20/c1-2-8-3-5-9(6-4-8)7-10(11)12;1-3-9-5-7-10(4-2)8-6-9/h8-9H,2-7H2,1H3,(H,11,12);9-10H,3-8H2,1-2H3. The number of hydrogen-bond acceptors (Lipinski definition) is 1. The van der Waals surface area contributed by atoms with Crippen LogP contribution >= 0.6 is 0 Å². The van der Waals surface area contributed by atoms with Gasteiger partial charge in [0, 0.05) is 6.42 Å². The van der Waals surface area contributed by atoms with Crippen LogP contribution in [-0.2, 0) is 4.79 Å². The summed E-state index contributed by atoms with van der Waals surface area (Å²) in [6, 6.07) is 0. The summed E-state index contributed by atoms with van der Waals surface area (Å²) >= 11 is 0. The second-order valence-corrected chi connectivity index (χ2v) is 7.60. The average Bonchev–Trinajstić information content (AvgIpc) is 2.55. The number of aliphatic carboxylic acids is 1. The summed E-state index contributed by atoms with van der Waals surface area (Å²) in [6.45, 7) is 6.88. The molecule has 0 bridgehead atoms. The highest BCUT2D eigenvalue weighted by atomic mass is 16.4. The Labute approximate surface area is 138 Å². The van der Waals surface area contributed by atoms with Crippen molar-refractivity contribution in [3.05, 3.63) is 0 Å². The molecule has 0 radical (unpaired) electrons. The third kappa shape index (κ3) is 7.65. The third-order valence-electron chi connectivity index (χ3n) is 6.13. The third-order valence-corrected chi connectivity index (χ3v) is 6.13. The summed E-state index contributed by atoms with van der Waals surface area (Å²) in [5.74, 6) is 2.85. The quantitative estimate of drug-likeness (QED) is 0.648. The highest BCUT2D eigenvalue weighted by Gasteiger charge is 2.21. The van der Waals surface area contributed by atoms with Gasteiger partial charge in [-0.3, -0.25) is 4.79 Å². The molecular weight excluding hydrogens is 272 g/mol. The maximum Gasteiger partial charge on any atom is 0.303 e. The van der Waals surface area contributed by atoms with Crippen LogP contribution in [0.25, 0.3) is 0 Å². The SMILES string of the molecule is CCC1CCC(CC(=O)O)CC1.CCC1CCC(CC)CC1. The van der Waals surface area contributed by atoms with Gasteiger partial charge in [0.2, 0.25) is 0 Å². The molecule has 0 heterocycles. The zero-order valence-corrected chi connectivity index (χ0v) is 15.2. The van der Waals surface area contributed by atoms with E-state index in [9.17, 15) is 4.79 Å². The van der Waals surface area contributed by atoms with Crippen LogP contribution in [0.2, 0.25) is 0 Å². The van der Waals surface area contributed by atoms with Crippen LogP contribution in [0.15, 0.2) is 0 Å². The molecule has 0 aliphatic heterocycles. The Morgan fingerprint density at radius 3 is 1.18 bits per heavy atom. The smallest absolute Gasteiger partial charge is 0.303 e. The minimum atomic E-state index is -0.630. The molecule has 0 saturated heterocycles. The number of carboxylic acids is 1. The van der Waals surface area contributed by atoms with Gasteiger partial charge in [-0.2, -0.15) is 0 Å². The van der Waals surface area contributed by atoms with Crippen molar-refractivity contribution in [2.45, 2.75) is 97.8 Å². The number of carboxylic acid groups (broad SMARTS) is 1. The monoisotopic (exact) mass is 310 g/mol. The molecule has 2 heteroatoms. The van der Waals surface area contributed by atoms with E-state index in [1.54, 1.807) is 0 Å². The number of carbonyl (C=O) groups is 1. The van der Waals surface area contributed by atoms with E-state index in [0.717, 1.165) is 30.6 Å². The van der Waals surface area contributed by atoms with E-state index in [-0.39, 0.29) is 0 Å². The lowest BCUT2D eigenvalue weighted by Gasteiger charge is -2.26. The van der Waals surface area contributed by atoms with Crippen molar-refractivity contribution in [2.24, 2.45) is 23.7 Å². The van der Waals surface area contributed by atoms with Gasteiger partial charge in [-0.05, 0) is 36.5 Å². The minimum absolute atomic E-state index is 0.385. The molecule has 2 nitrogen and oxygen atoms in total. The summed E-state index contributed by atoms with van der Waals surface area (Å²) < 4.78 is 0. The molecule has 0 amide bonds. The largest absolute Gasteiger partial charge is 0.481 e. The fourth-order valence-corrected chi connectivity index (χ4v) is 4.14. The molecule has 0 aromatic rings. The summed E-state index contributed by atoms with van der Waals surface area (Å²) in [6.07, 6.45) is 15.3. The van der Waals surface area contributed by atoms with Gasteiger partial charge in [0.1, 0.15) is 0 Å². The van der Waals surface area contributed by atoms with Gasteiger partial charge in [0.25, 0.3) is 0 Å². The first-order valence-corrected chi connectivity index (χ1v) is 9.80. The van der Waals surface area contributed by atoms with Crippen molar-refractivity contribution in [1.82, 2.24) is 0 Å². The van der Waals surface area contributed by atoms with E-state index in [4.69, 9.17) is 5.11 Å². The van der Waals surface area contributed by atoms with Gasteiger partial charge < -0.3 is 5.11 Å². The van der Waals surface area contributed by atoms with Crippen LogP contribution < -0.4 is 0 Å². The maximum atomic E-state index is 10.4. The predicted molar refractivity (Wildman–Crippen MR) is 94.0 cm³/mol. The van der Waals surface area contributed by atoms with Gasteiger partial charge in [-0.25, -0.2) is 0 Å². The van der Waals surface area contributed by atoms with Crippen molar-refractivity contribution in [2.75, 3.05) is 0 Å². The first-order chi connectivity index (χ1) is 10.6. The normalized spacial score (nSPS) is 32.0. The molecule has 0 aromatic heterocycles. The first kappa shape index (κ1) is 19.5. The van der Waals surface area contributed by atoms with Crippen molar-refractivity contribution in [3.8, 4) is 0 Å². The molecule has 0 atom stereocenters. The van der Waals surface area contributed by atoms with E-state index >= 15 is 0 Å². The van der Waals surface area contributed by atoms with Crippen LogP contribution in [0.5, 0.6) is 0 Å². The molecule has 1 N–H and O–H groups in total. The molecule has 2 rings (SSSR count). The second kappa shape index (κ2) is 11.1. The van der Waals surface area contributed by atoms with Crippen LogP contribution in [0.3, 0.4) is 0 Å². The second-order valence-electron chi connectivity index (χ2n) is 7.60. The molecule has 2 fully saturated rings. The molecule has 130 valence electrons. The Balaban J connectivity index is 0.000000224. The Kier molecular flexibility index (Phi) is 9.82.